The van der Waals surface area contributed by atoms with Crippen LogP contribution in [0.25, 0.3) is 0 Å². The van der Waals surface area contributed by atoms with Gasteiger partial charge in [-0.05, 0) is 0 Å². The van der Waals surface area contributed by atoms with Gasteiger partial charge in [0.1, 0.15) is 0 Å². The van der Waals surface area contributed by atoms with Crippen molar-refractivity contribution in [2.45, 2.75) is 11.4 Å². The molecule has 10 heteroatoms. The van der Waals surface area contributed by atoms with Crippen LogP contribution < -0.4 is 0 Å². The molecule has 80 valence electrons. The molecule has 0 fully saturated rings. The van der Waals surface area contributed by atoms with Crippen LogP contribution in [-0.2, 0) is 14.9 Å². The summed E-state index contributed by atoms with van der Waals surface area (Å²) in [6.07, 6.45) is -5.62. The molecule has 0 atom stereocenters. The fourth-order valence-electron chi connectivity index (χ4n) is 0.303. The van der Waals surface area contributed by atoms with Gasteiger partial charge in [-0.15, -0.1) is 0 Å². The minimum absolute atomic E-state index is 2.32. The summed E-state index contributed by atoms with van der Waals surface area (Å²) in [7, 11) is -6.36. The third-order valence-corrected chi connectivity index (χ3v) is 1.78. The molecule has 0 heterocycles. The summed E-state index contributed by atoms with van der Waals surface area (Å²) in [5.41, 5.74) is 0. The summed E-state index contributed by atoms with van der Waals surface area (Å²) in [4.78, 5) is 0. The third-order valence-electron chi connectivity index (χ3n) is 0.899. The molecule has 0 aliphatic rings. The second-order valence-electron chi connectivity index (χ2n) is 1.76. The number of alkyl halides is 5. The van der Waals surface area contributed by atoms with Gasteiger partial charge in [0.2, 0.25) is 0 Å². The third kappa shape index (κ3) is 2.25. The van der Waals surface area contributed by atoms with E-state index in [1.54, 1.807) is 0 Å². The lowest BCUT2D eigenvalue weighted by Crippen LogP contribution is -2.48. The van der Waals surface area contributed by atoms with Crippen molar-refractivity contribution in [2.24, 2.45) is 0 Å². The Bertz CT molecular complexity index is 272. The topological polar surface area (TPSA) is 63.6 Å². The summed E-state index contributed by atoms with van der Waals surface area (Å²) >= 11 is 0. The van der Waals surface area contributed by atoms with E-state index in [4.69, 9.17) is 4.55 Å². The van der Waals surface area contributed by atoms with Crippen LogP contribution in [0, 0.1) is 0 Å². The van der Waals surface area contributed by atoms with Crippen molar-refractivity contribution in [1.29, 1.82) is 0 Å². The molecular formula is C3H3F5O4S. The van der Waals surface area contributed by atoms with Gasteiger partial charge in [-0.1, -0.05) is 0 Å². The molecular weight excluding hydrogens is 227 g/mol. The minimum Gasteiger partial charge on any atom is -0.283 e. The summed E-state index contributed by atoms with van der Waals surface area (Å²) in [6, 6.07) is 0. The molecule has 0 rings (SSSR count). The molecule has 0 radical (unpaired) electrons. The molecule has 0 saturated carbocycles. The molecule has 4 nitrogen and oxygen atoms in total. The molecule has 0 aliphatic carbocycles. The van der Waals surface area contributed by atoms with Crippen LogP contribution >= 0.6 is 0 Å². The molecule has 0 aromatic heterocycles. The Labute approximate surface area is 69.0 Å². The molecule has 1 N–H and O–H groups in total. The zero-order chi connectivity index (χ0) is 10.9. The standard InChI is InChI=1S/C3H3F5O4S/c4-1-12-2(5,6)3(7,8)13(9,10)11/h1H2,(H,9,10,11). The fourth-order valence-corrected chi connectivity index (χ4v) is 0.662. The van der Waals surface area contributed by atoms with E-state index in [2.05, 4.69) is 4.74 Å². The van der Waals surface area contributed by atoms with Gasteiger partial charge >= 0.3 is 21.5 Å². The molecule has 0 saturated heterocycles. The summed E-state index contributed by atoms with van der Waals surface area (Å²) in [5, 5.41) is -5.88. The van der Waals surface area contributed by atoms with Gasteiger partial charge in [-0.2, -0.15) is 26.0 Å². The van der Waals surface area contributed by atoms with E-state index in [1.807, 2.05) is 0 Å². The quantitative estimate of drug-likeness (QED) is 0.578. The first-order chi connectivity index (χ1) is 5.56. The summed E-state index contributed by atoms with van der Waals surface area (Å²) in [5.74, 6) is 0. The Kier molecular flexibility index (Phi) is 3.22. The van der Waals surface area contributed by atoms with Gasteiger partial charge in [0.25, 0.3) is 0 Å². The maximum atomic E-state index is 12.0. The van der Waals surface area contributed by atoms with E-state index in [0.29, 0.717) is 0 Å². The molecule has 0 aromatic carbocycles. The van der Waals surface area contributed by atoms with E-state index in [1.165, 1.54) is 0 Å². The lowest BCUT2D eigenvalue weighted by atomic mass is 10.6. The number of ether oxygens (including phenoxy) is 1. The molecule has 0 amide bonds. The highest BCUT2D eigenvalue weighted by Crippen LogP contribution is 2.38. The predicted molar refractivity (Wildman–Crippen MR) is 28.5 cm³/mol. The van der Waals surface area contributed by atoms with Crippen molar-refractivity contribution in [3.8, 4) is 0 Å². The number of halogens is 5. The van der Waals surface area contributed by atoms with Crippen LogP contribution in [0.15, 0.2) is 0 Å². The van der Waals surface area contributed by atoms with E-state index in [9.17, 15) is 30.4 Å². The first kappa shape index (κ1) is 12.5. The van der Waals surface area contributed by atoms with Gasteiger partial charge in [-0.3, -0.25) is 9.29 Å². The predicted octanol–water partition coefficient (Wildman–Crippen LogP) is 1.00. The Balaban J connectivity index is 5.04. The van der Waals surface area contributed by atoms with Crippen molar-refractivity contribution in [2.75, 3.05) is 6.86 Å². The van der Waals surface area contributed by atoms with Crippen molar-refractivity contribution in [3.63, 3.8) is 0 Å². The number of hydrogen-bond donors (Lipinski definition) is 1. The van der Waals surface area contributed by atoms with E-state index in [0.717, 1.165) is 0 Å². The smallest absolute Gasteiger partial charge is 0.283 e. The van der Waals surface area contributed by atoms with Crippen molar-refractivity contribution < 1.29 is 39.7 Å². The van der Waals surface area contributed by atoms with E-state index >= 15 is 0 Å². The number of rotatable bonds is 4. The van der Waals surface area contributed by atoms with Crippen LogP contribution in [0.3, 0.4) is 0 Å². The molecule has 13 heavy (non-hydrogen) atoms. The average Bonchev–Trinajstić information content (AvgIpc) is 1.84. The van der Waals surface area contributed by atoms with Gasteiger partial charge in [0, 0.05) is 0 Å². The van der Waals surface area contributed by atoms with Gasteiger partial charge < -0.3 is 0 Å². The highest BCUT2D eigenvalue weighted by Gasteiger charge is 2.67. The maximum Gasteiger partial charge on any atom is 0.460 e. The zero-order valence-electron chi connectivity index (χ0n) is 5.68. The second kappa shape index (κ2) is 3.35. The molecule has 0 bridgehead atoms. The minimum atomic E-state index is -6.36. The Morgan fingerprint density at radius 2 is 1.62 bits per heavy atom. The molecule has 0 aliphatic heterocycles. The first-order valence-electron chi connectivity index (χ1n) is 2.49. The highest BCUT2D eigenvalue weighted by atomic mass is 32.2. The first-order valence-corrected chi connectivity index (χ1v) is 3.93. The lowest BCUT2D eigenvalue weighted by molar-refractivity contribution is -0.329. The van der Waals surface area contributed by atoms with Gasteiger partial charge in [0.05, 0.1) is 0 Å². The van der Waals surface area contributed by atoms with Crippen LogP contribution in [0.2, 0.25) is 0 Å². The second-order valence-corrected chi connectivity index (χ2v) is 3.22. The van der Waals surface area contributed by atoms with Crippen LogP contribution in [0.4, 0.5) is 22.0 Å². The fraction of sp³-hybridized carbons (Fsp3) is 1.00. The normalized spacial score (nSPS) is 14.6. The Morgan fingerprint density at radius 1 is 1.23 bits per heavy atom. The number of hydrogen-bond acceptors (Lipinski definition) is 3. The van der Waals surface area contributed by atoms with Crippen LogP contribution in [0.1, 0.15) is 0 Å². The highest BCUT2D eigenvalue weighted by molar-refractivity contribution is 7.86. The van der Waals surface area contributed by atoms with Crippen LogP contribution in [0.5, 0.6) is 0 Å². The molecule has 0 unspecified atom stereocenters. The maximum absolute atomic E-state index is 12.0. The van der Waals surface area contributed by atoms with E-state index in [-0.39, 0.29) is 0 Å². The SMILES string of the molecule is O=S(=O)(O)C(F)(F)C(F)(F)OCF. The monoisotopic (exact) mass is 230 g/mol. The summed E-state index contributed by atoms with van der Waals surface area (Å²) < 4.78 is 88.6. The van der Waals surface area contributed by atoms with Crippen LogP contribution in [-0.4, -0.2) is 31.2 Å². The van der Waals surface area contributed by atoms with Gasteiger partial charge in [0.15, 0.2) is 6.86 Å². The lowest BCUT2D eigenvalue weighted by Gasteiger charge is -2.21. The summed E-state index contributed by atoms with van der Waals surface area (Å²) in [6.45, 7) is -2.32. The Morgan fingerprint density at radius 3 is 1.85 bits per heavy atom. The van der Waals surface area contributed by atoms with Crippen molar-refractivity contribution in [3.05, 3.63) is 0 Å². The molecule has 0 aromatic rings. The zero-order valence-corrected chi connectivity index (χ0v) is 6.49. The Hall–Kier alpha value is -0.480. The van der Waals surface area contributed by atoms with Gasteiger partial charge in [-0.25, -0.2) is 4.39 Å². The van der Waals surface area contributed by atoms with E-state index < -0.39 is 28.3 Å². The van der Waals surface area contributed by atoms with Crippen molar-refractivity contribution in [1.82, 2.24) is 0 Å². The largest absolute Gasteiger partial charge is 0.460 e. The van der Waals surface area contributed by atoms with Crippen molar-refractivity contribution >= 4 is 10.1 Å². The molecule has 0 spiro atoms. The average molecular weight is 230 g/mol.